The zero-order valence-electron chi connectivity index (χ0n) is 17.2. The maximum Gasteiger partial charge on any atom is 0.262 e. The van der Waals surface area contributed by atoms with E-state index in [2.05, 4.69) is 5.10 Å². The van der Waals surface area contributed by atoms with Gasteiger partial charge in [-0.15, -0.1) is 0 Å². The number of nitrogens with zero attached hydrogens (tertiary/aromatic N) is 3. The van der Waals surface area contributed by atoms with Gasteiger partial charge in [0.05, 0.1) is 18.9 Å². The number of carbonyl (C=O) groups is 2. The molecule has 0 bridgehead atoms. The van der Waals surface area contributed by atoms with Crippen LogP contribution < -0.4 is 4.74 Å². The number of benzene rings is 2. The van der Waals surface area contributed by atoms with Gasteiger partial charge in [-0.05, 0) is 12.1 Å². The van der Waals surface area contributed by atoms with Crippen LogP contribution >= 0.6 is 0 Å². The first-order valence-corrected chi connectivity index (χ1v) is 9.46. The Morgan fingerprint density at radius 2 is 1.87 bits per heavy atom. The molecule has 0 saturated heterocycles. The molecule has 1 aliphatic rings. The number of ether oxygens (including phenoxy) is 2. The maximum absolute atomic E-state index is 14.4. The molecule has 2 aromatic rings. The molecule has 0 spiro atoms. The minimum Gasteiger partial charge on any atom is -0.496 e. The van der Waals surface area contributed by atoms with Crippen molar-refractivity contribution < 1.29 is 23.5 Å². The molecular weight excluding hydrogens is 389 g/mol. The second-order valence-corrected chi connectivity index (χ2v) is 6.91. The predicted molar refractivity (Wildman–Crippen MR) is 110 cm³/mol. The van der Waals surface area contributed by atoms with E-state index in [1.807, 2.05) is 18.2 Å². The van der Waals surface area contributed by atoms with E-state index in [-0.39, 0.29) is 25.0 Å². The number of rotatable bonds is 7. The Kier molecular flexibility index (Phi) is 6.79. The smallest absolute Gasteiger partial charge is 0.262 e. The van der Waals surface area contributed by atoms with E-state index in [0.717, 1.165) is 5.56 Å². The quantitative estimate of drug-likeness (QED) is 0.700. The highest BCUT2D eigenvalue weighted by Crippen LogP contribution is 2.37. The van der Waals surface area contributed by atoms with E-state index in [0.29, 0.717) is 23.4 Å². The number of hydrazone groups is 1. The zero-order chi connectivity index (χ0) is 21.7. The Labute approximate surface area is 174 Å². The second kappa shape index (κ2) is 9.49. The van der Waals surface area contributed by atoms with Crippen LogP contribution in [0.3, 0.4) is 0 Å². The Bertz CT molecular complexity index is 963. The third-order valence-electron chi connectivity index (χ3n) is 4.91. The Hall–Kier alpha value is -3.26. The van der Waals surface area contributed by atoms with Gasteiger partial charge in [0.15, 0.2) is 0 Å². The molecule has 1 atom stereocenters. The topological polar surface area (TPSA) is 71.4 Å². The van der Waals surface area contributed by atoms with E-state index < -0.39 is 11.9 Å². The van der Waals surface area contributed by atoms with Crippen LogP contribution in [0.1, 0.15) is 23.6 Å². The van der Waals surface area contributed by atoms with Crippen LogP contribution in [0.4, 0.5) is 4.39 Å². The van der Waals surface area contributed by atoms with E-state index in [1.54, 1.807) is 31.4 Å². The molecule has 1 heterocycles. The van der Waals surface area contributed by atoms with E-state index in [1.165, 1.54) is 30.1 Å². The van der Waals surface area contributed by atoms with Crippen molar-refractivity contribution in [3.05, 3.63) is 65.5 Å². The summed E-state index contributed by atoms with van der Waals surface area (Å²) < 4.78 is 24.7. The summed E-state index contributed by atoms with van der Waals surface area (Å²) in [6.07, 6.45) is 0.322. The summed E-state index contributed by atoms with van der Waals surface area (Å²) in [6.45, 7) is -0.300. The number of hydrogen-bond donors (Lipinski definition) is 0. The molecule has 0 N–H and O–H groups in total. The maximum atomic E-state index is 14.4. The van der Waals surface area contributed by atoms with Gasteiger partial charge >= 0.3 is 0 Å². The number of methoxy groups -OCH3 is 2. The van der Waals surface area contributed by atoms with Gasteiger partial charge in [0, 0.05) is 31.7 Å². The molecule has 30 heavy (non-hydrogen) atoms. The average Bonchev–Trinajstić information content (AvgIpc) is 3.19. The third kappa shape index (κ3) is 4.49. The Balaban J connectivity index is 1.94. The average molecular weight is 413 g/mol. The van der Waals surface area contributed by atoms with E-state index in [4.69, 9.17) is 9.47 Å². The summed E-state index contributed by atoms with van der Waals surface area (Å²) in [7, 11) is 4.49. The van der Waals surface area contributed by atoms with Crippen LogP contribution in [0, 0.1) is 5.82 Å². The normalized spacial score (nSPS) is 15.7. The molecule has 0 fully saturated rings. The molecule has 0 aliphatic carbocycles. The summed E-state index contributed by atoms with van der Waals surface area (Å²) >= 11 is 0. The molecule has 3 rings (SSSR count). The van der Waals surface area contributed by atoms with Crippen LogP contribution in [-0.2, 0) is 14.3 Å². The summed E-state index contributed by atoms with van der Waals surface area (Å²) in [5.74, 6) is -0.507. The molecular formula is C22H24FN3O4. The lowest BCUT2D eigenvalue weighted by atomic mass is 9.97. The summed E-state index contributed by atoms with van der Waals surface area (Å²) in [6, 6.07) is 13.2. The van der Waals surface area contributed by atoms with Gasteiger partial charge in [-0.1, -0.05) is 36.4 Å². The number of hydrogen-bond acceptors (Lipinski definition) is 5. The molecule has 0 radical (unpaired) electrons. The second-order valence-electron chi connectivity index (χ2n) is 6.91. The molecule has 1 aliphatic heterocycles. The van der Waals surface area contributed by atoms with Crippen molar-refractivity contribution in [3.8, 4) is 5.75 Å². The SMILES string of the molecule is COCC(=O)N(C)CC(=O)N1N=C(c2ccccc2F)CC1c1ccccc1OC. The van der Waals surface area contributed by atoms with Gasteiger partial charge in [0.2, 0.25) is 5.91 Å². The molecule has 2 aromatic carbocycles. The van der Waals surface area contributed by atoms with E-state index >= 15 is 0 Å². The highest BCUT2D eigenvalue weighted by Gasteiger charge is 2.36. The largest absolute Gasteiger partial charge is 0.496 e. The highest BCUT2D eigenvalue weighted by molar-refractivity contribution is 6.03. The van der Waals surface area contributed by atoms with Gasteiger partial charge in [-0.3, -0.25) is 9.59 Å². The molecule has 1 unspecified atom stereocenters. The Morgan fingerprint density at radius 1 is 1.17 bits per heavy atom. The number of amides is 2. The number of para-hydroxylation sites is 1. The molecule has 0 saturated carbocycles. The summed E-state index contributed by atoms with van der Waals surface area (Å²) in [5.41, 5.74) is 1.56. The fraction of sp³-hybridized carbons (Fsp3) is 0.318. The van der Waals surface area contributed by atoms with Crippen molar-refractivity contribution in [2.75, 3.05) is 34.4 Å². The molecule has 7 nitrogen and oxygen atoms in total. The van der Waals surface area contributed by atoms with Crippen molar-refractivity contribution in [1.29, 1.82) is 0 Å². The Morgan fingerprint density at radius 3 is 2.57 bits per heavy atom. The zero-order valence-corrected chi connectivity index (χ0v) is 17.2. The van der Waals surface area contributed by atoms with Crippen molar-refractivity contribution in [1.82, 2.24) is 9.91 Å². The van der Waals surface area contributed by atoms with Gasteiger partial charge < -0.3 is 14.4 Å². The summed E-state index contributed by atoms with van der Waals surface area (Å²) in [5, 5.41) is 5.76. The van der Waals surface area contributed by atoms with Crippen LogP contribution in [-0.4, -0.2) is 61.9 Å². The first kappa shape index (κ1) is 21.4. The predicted octanol–water partition coefficient (Wildman–Crippen LogP) is 2.62. The van der Waals surface area contributed by atoms with Crippen LogP contribution in [0.5, 0.6) is 5.75 Å². The molecule has 0 aromatic heterocycles. The fourth-order valence-electron chi connectivity index (χ4n) is 3.38. The number of halogens is 1. The van der Waals surface area contributed by atoms with Crippen molar-refractivity contribution in [2.45, 2.75) is 12.5 Å². The van der Waals surface area contributed by atoms with Crippen molar-refractivity contribution >= 4 is 17.5 Å². The van der Waals surface area contributed by atoms with Crippen LogP contribution in [0.15, 0.2) is 53.6 Å². The highest BCUT2D eigenvalue weighted by atomic mass is 19.1. The third-order valence-corrected chi connectivity index (χ3v) is 4.91. The standard InChI is InChI=1S/C22H24FN3O4/c1-25(22(28)14-29-2)13-21(27)26-19(16-9-5-7-11-20(16)30-3)12-18(24-26)15-8-4-6-10-17(15)23/h4-11,19H,12-14H2,1-3H3. The van der Waals surface area contributed by atoms with E-state index in [9.17, 15) is 14.0 Å². The molecule has 8 heteroatoms. The molecule has 2 amide bonds. The fourth-order valence-corrected chi connectivity index (χ4v) is 3.38. The summed E-state index contributed by atoms with van der Waals surface area (Å²) in [4.78, 5) is 26.3. The minimum absolute atomic E-state index is 0.122. The van der Waals surface area contributed by atoms with Gasteiger partial charge in [0.1, 0.15) is 24.7 Å². The van der Waals surface area contributed by atoms with Gasteiger partial charge in [-0.25, -0.2) is 9.40 Å². The monoisotopic (exact) mass is 413 g/mol. The lowest BCUT2D eigenvalue weighted by Crippen LogP contribution is -2.40. The van der Waals surface area contributed by atoms with Crippen molar-refractivity contribution in [3.63, 3.8) is 0 Å². The van der Waals surface area contributed by atoms with Crippen LogP contribution in [0.25, 0.3) is 0 Å². The number of carbonyl (C=O) groups excluding carboxylic acids is 2. The van der Waals surface area contributed by atoms with Crippen LogP contribution in [0.2, 0.25) is 0 Å². The lowest BCUT2D eigenvalue weighted by molar-refractivity contribution is -0.142. The first-order valence-electron chi connectivity index (χ1n) is 9.46. The van der Waals surface area contributed by atoms with Gasteiger partial charge in [0.25, 0.3) is 5.91 Å². The molecule has 158 valence electrons. The lowest BCUT2D eigenvalue weighted by Gasteiger charge is -2.25. The minimum atomic E-state index is -0.478. The van der Waals surface area contributed by atoms with Crippen molar-refractivity contribution in [2.24, 2.45) is 5.10 Å². The first-order chi connectivity index (χ1) is 14.5. The van der Waals surface area contributed by atoms with Gasteiger partial charge in [-0.2, -0.15) is 5.10 Å². The number of likely N-dealkylation sites (N-methyl/N-ethyl adjacent to an activating group) is 1.